The maximum absolute atomic E-state index is 12.4. The first-order valence-corrected chi connectivity index (χ1v) is 8.53. The van der Waals surface area contributed by atoms with Crippen molar-refractivity contribution in [2.75, 3.05) is 0 Å². The van der Waals surface area contributed by atoms with Crippen LogP contribution in [-0.2, 0) is 9.59 Å². The van der Waals surface area contributed by atoms with Gasteiger partial charge in [-0.1, -0.05) is 32.1 Å². The Labute approximate surface area is 132 Å². The molecule has 116 valence electrons. The van der Waals surface area contributed by atoms with Gasteiger partial charge in [-0.05, 0) is 61.2 Å². The molecule has 3 saturated carbocycles. The molecule has 0 aliphatic heterocycles. The molecule has 0 spiro atoms. The highest BCUT2D eigenvalue weighted by molar-refractivity contribution is 6.02. The van der Waals surface area contributed by atoms with Gasteiger partial charge in [0.25, 0.3) is 0 Å². The van der Waals surface area contributed by atoms with Crippen molar-refractivity contribution in [1.29, 1.82) is 0 Å². The second-order valence-corrected chi connectivity index (χ2v) is 8.18. The summed E-state index contributed by atoms with van der Waals surface area (Å²) in [6.45, 7) is 8.75. The average molecular weight is 296 g/mol. The van der Waals surface area contributed by atoms with Crippen LogP contribution >= 0.6 is 0 Å². The molecule has 5 atom stereocenters. The Balaban J connectivity index is 1.78. The first kappa shape index (κ1) is 14.2. The Kier molecular flexibility index (Phi) is 2.77. The quantitative estimate of drug-likeness (QED) is 0.676. The van der Waals surface area contributed by atoms with E-state index in [-0.39, 0.29) is 16.6 Å². The van der Waals surface area contributed by atoms with Gasteiger partial charge in [-0.15, -0.1) is 0 Å². The number of allylic oxidation sites excluding steroid dienone is 5. The fourth-order valence-corrected chi connectivity index (χ4v) is 5.98. The number of Topliss-reactive ketones (excluding diaryl/α,β-unsaturated/α-hetero) is 1. The molecule has 0 amide bonds. The minimum absolute atomic E-state index is 0.0686. The van der Waals surface area contributed by atoms with E-state index in [1.54, 1.807) is 12.2 Å². The van der Waals surface area contributed by atoms with Crippen LogP contribution in [0.4, 0.5) is 0 Å². The van der Waals surface area contributed by atoms with Crippen LogP contribution in [0, 0.1) is 28.6 Å². The highest BCUT2D eigenvalue weighted by Gasteiger charge is 2.59. The second kappa shape index (κ2) is 4.31. The standard InChI is InChI=1S/C20H24O2/c1-12-10-14-15-4-5-18(22)20(15,3)9-7-16(14)19(2)8-6-13(21)11-17(12)19/h6,8,11,14-16H,1,4-5,7,9-10H2,2-3H3/t14?,15?,16?,19-,20?/m1/s1. The van der Waals surface area contributed by atoms with E-state index in [0.29, 0.717) is 23.5 Å². The van der Waals surface area contributed by atoms with Gasteiger partial charge in [0.05, 0.1) is 0 Å². The first-order chi connectivity index (χ1) is 10.4. The van der Waals surface area contributed by atoms with Gasteiger partial charge < -0.3 is 0 Å². The zero-order chi connectivity index (χ0) is 15.7. The Morgan fingerprint density at radius 2 is 1.95 bits per heavy atom. The molecule has 4 unspecified atom stereocenters. The minimum Gasteiger partial charge on any atom is -0.299 e. The van der Waals surface area contributed by atoms with Gasteiger partial charge in [-0.2, -0.15) is 0 Å². The number of carbonyl (C=O) groups is 2. The van der Waals surface area contributed by atoms with Crippen molar-refractivity contribution >= 4 is 11.6 Å². The summed E-state index contributed by atoms with van der Waals surface area (Å²) in [5, 5.41) is 0. The Morgan fingerprint density at radius 3 is 2.73 bits per heavy atom. The van der Waals surface area contributed by atoms with E-state index in [4.69, 9.17) is 0 Å². The lowest BCUT2D eigenvalue weighted by atomic mass is 9.48. The Hall–Kier alpha value is -1.44. The van der Waals surface area contributed by atoms with E-state index in [1.165, 1.54) is 0 Å². The van der Waals surface area contributed by atoms with E-state index < -0.39 is 0 Å². The average Bonchev–Trinajstić information content (AvgIpc) is 2.77. The second-order valence-electron chi connectivity index (χ2n) is 8.18. The zero-order valence-electron chi connectivity index (χ0n) is 13.5. The van der Waals surface area contributed by atoms with Crippen LogP contribution < -0.4 is 0 Å². The molecule has 4 aliphatic carbocycles. The number of hydrogen-bond acceptors (Lipinski definition) is 2. The fourth-order valence-electron chi connectivity index (χ4n) is 5.98. The van der Waals surface area contributed by atoms with Crippen LogP contribution in [0.25, 0.3) is 0 Å². The third-order valence-electron chi connectivity index (χ3n) is 7.24. The summed E-state index contributed by atoms with van der Waals surface area (Å²) >= 11 is 0. The van der Waals surface area contributed by atoms with Crippen LogP contribution in [0.1, 0.15) is 46.0 Å². The van der Waals surface area contributed by atoms with Crippen molar-refractivity contribution in [3.8, 4) is 0 Å². The highest BCUT2D eigenvalue weighted by Crippen LogP contribution is 2.64. The van der Waals surface area contributed by atoms with Crippen molar-refractivity contribution in [3.63, 3.8) is 0 Å². The van der Waals surface area contributed by atoms with Gasteiger partial charge in [-0.3, -0.25) is 9.59 Å². The van der Waals surface area contributed by atoms with Crippen LogP contribution in [0.15, 0.2) is 36.0 Å². The maximum Gasteiger partial charge on any atom is 0.178 e. The summed E-state index contributed by atoms with van der Waals surface area (Å²) in [5.74, 6) is 2.14. The molecule has 0 bridgehead atoms. The van der Waals surface area contributed by atoms with Crippen molar-refractivity contribution in [2.45, 2.75) is 46.0 Å². The van der Waals surface area contributed by atoms with Crippen molar-refractivity contribution in [2.24, 2.45) is 28.6 Å². The molecule has 0 N–H and O–H groups in total. The van der Waals surface area contributed by atoms with Gasteiger partial charge in [0.2, 0.25) is 0 Å². The van der Waals surface area contributed by atoms with Gasteiger partial charge in [0.15, 0.2) is 5.78 Å². The van der Waals surface area contributed by atoms with E-state index >= 15 is 0 Å². The molecule has 0 heterocycles. The molecule has 4 rings (SSSR count). The molecule has 0 aromatic rings. The lowest BCUT2D eigenvalue weighted by Gasteiger charge is -2.56. The summed E-state index contributed by atoms with van der Waals surface area (Å²) in [6, 6.07) is 0. The largest absolute Gasteiger partial charge is 0.299 e. The highest BCUT2D eigenvalue weighted by atomic mass is 16.1. The van der Waals surface area contributed by atoms with E-state index in [2.05, 4.69) is 26.5 Å². The number of ketones is 2. The summed E-state index contributed by atoms with van der Waals surface area (Å²) in [7, 11) is 0. The smallest absolute Gasteiger partial charge is 0.178 e. The number of carbonyl (C=O) groups excluding carboxylic acids is 2. The van der Waals surface area contributed by atoms with Crippen LogP contribution in [0.5, 0.6) is 0 Å². The molecule has 0 aromatic heterocycles. The Bertz CT molecular complexity index is 653. The monoisotopic (exact) mass is 296 g/mol. The summed E-state index contributed by atoms with van der Waals surface area (Å²) in [6.07, 6.45) is 10.5. The van der Waals surface area contributed by atoms with Crippen molar-refractivity contribution in [3.05, 3.63) is 36.0 Å². The molecule has 2 heteroatoms. The topological polar surface area (TPSA) is 34.1 Å². The van der Waals surface area contributed by atoms with Crippen molar-refractivity contribution < 1.29 is 9.59 Å². The molecular weight excluding hydrogens is 272 g/mol. The predicted molar refractivity (Wildman–Crippen MR) is 86.1 cm³/mol. The molecular formula is C20H24O2. The number of fused-ring (bicyclic) bond motifs is 5. The van der Waals surface area contributed by atoms with Gasteiger partial charge >= 0.3 is 0 Å². The molecule has 4 aliphatic rings. The van der Waals surface area contributed by atoms with Gasteiger partial charge in [0, 0.05) is 17.3 Å². The third kappa shape index (κ3) is 1.61. The Morgan fingerprint density at radius 1 is 1.18 bits per heavy atom. The lowest BCUT2D eigenvalue weighted by molar-refractivity contribution is -0.131. The molecule has 0 saturated heterocycles. The molecule has 0 aromatic carbocycles. The minimum atomic E-state index is -0.104. The summed E-state index contributed by atoms with van der Waals surface area (Å²) in [4.78, 5) is 24.2. The molecule has 22 heavy (non-hydrogen) atoms. The zero-order valence-corrected chi connectivity index (χ0v) is 13.5. The SMILES string of the molecule is C=C1CC2C3CCC(=O)C3(C)CCC2[C@@]2(C)C=CC(=O)C=C12. The van der Waals surface area contributed by atoms with E-state index in [0.717, 1.165) is 43.3 Å². The van der Waals surface area contributed by atoms with Crippen LogP contribution in [0.2, 0.25) is 0 Å². The van der Waals surface area contributed by atoms with Crippen LogP contribution in [0.3, 0.4) is 0 Å². The predicted octanol–water partition coefficient (Wildman–Crippen LogP) is 4.03. The summed E-state index contributed by atoms with van der Waals surface area (Å²) in [5.41, 5.74) is 2.09. The summed E-state index contributed by atoms with van der Waals surface area (Å²) < 4.78 is 0. The van der Waals surface area contributed by atoms with E-state index in [1.807, 2.05) is 0 Å². The van der Waals surface area contributed by atoms with E-state index in [9.17, 15) is 9.59 Å². The van der Waals surface area contributed by atoms with Gasteiger partial charge in [0.1, 0.15) is 5.78 Å². The molecule has 2 nitrogen and oxygen atoms in total. The number of hydrogen-bond donors (Lipinski definition) is 0. The number of rotatable bonds is 0. The van der Waals surface area contributed by atoms with Crippen molar-refractivity contribution in [1.82, 2.24) is 0 Å². The first-order valence-electron chi connectivity index (χ1n) is 8.53. The molecule has 0 radical (unpaired) electrons. The normalized spacial score (nSPS) is 46.9. The van der Waals surface area contributed by atoms with Crippen LogP contribution in [-0.4, -0.2) is 11.6 Å². The maximum atomic E-state index is 12.4. The lowest BCUT2D eigenvalue weighted by Crippen LogP contribution is -2.50. The molecule has 3 fully saturated rings. The third-order valence-corrected chi connectivity index (χ3v) is 7.24. The fraction of sp³-hybridized carbons (Fsp3) is 0.600. The van der Waals surface area contributed by atoms with Gasteiger partial charge in [-0.25, -0.2) is 0 Å².